The number of nitrogens with two attached hydrogens (primary N) is 1. The van der Waals surface area contributed by atoms with E-state index in [1.165, 1.54) is 0 Å². The van der Waals surface area contributed by atoms with Gasteiger partial charge < -0.3 is 16.2 Å². The predicted octanol–water partition coefficient (Wildman–Crippen LogP) is 1.62. The summed E-state index contributed by atoms with van der Waals surface area (Å²) in [5, 5.41) is 12.1. The van der Waals surface area contributed by atoms with Crippen molar-refractivity contribution in [2.75, 3.05) is 24.2 Å². The van der Waals surface area contributed by atoms with Gasteiger partial charge in [0.2, 0.25) is 0 Å². The van der Waals surface area contributed by atoms with Crippen molar-refractivity contribution in [3.63, 3.8) is 0 Å². The minimum atomic E-state index is 0.209. The van der Waals surface area contributed by atoms with Crippen LogP contribution in [0.1, 0.15) is 12.5 Å². The molecule has 0 fully saturated rings. The summed E-state index contributed by atoms with van der Waals surface area (Å²) in [5.74, 6) is 0.271. The van der Waals surface area contributed by atoms with Gasteiger partial charge in [-0.3, -0.25) is 0 Å². The standard InChI is InChI=1S/C11H18N2O/c1-8(7-14)6-13-10-3-4-11(12)9(2)5-10/h3-5,8,13-14H,6-7,12H2,1-2H3. The molecule has 0 saturated carbocycles. The van der Waals surface area contributed by atoms with Crippen molar-refractivity contribution >= 4 is 11.4 Å². The monoisotopic (exact) mass is 194 g/mol. The summed E-state index contributed by atoms with van der Waals surface area (Å²) in [5.41, 5.74) is 8.64. The van der Waals surface area contributed by atoms with E-state index in [-0.39, 0.29) is 12.5 Å². The molecule has 0 amide bonds. The molecule has 78 valence electrons. The van der Waals surface area contributed by atoms with Gasteiger partial charge in [-0.25, -0.2) is 0 Å². The Morgan fingerprint density at radius 2 is 2.21 bits per heavy atom. The lowest BCUT2D eigenvalue weighted by Gasteiger charge is -2.11. The van der Waals surface area contributed by atoms with Crippen molar-refractivity contribution in [2.45, 2.75) is 13.8 Å². The first-order chi connectivity index (χ1) is 6.63. The quantitative estimate of drug-likeness (QED) is 0.638. The summed E-state index contributed by atoms with van der Waals surface area (Å²) in [6, 6.07) is 5.85. The second-order valence-corrected chi connectivity index (χ2v) is 3.74. The SMILES string of the molecule is Cc1cc(NCC(C)CO)ccc1N. The van der Waals surface area contributed by atoms with Gasteiger partial charge in [0.15, 0.2) is 0 Å². The highest BCUT2D eigenvalue weighted by atomic mass is 16.3. The average Bonchev–Trinajstić information content (AvgIpc) is 2.19. The lowest BCUT2D eigenvalue weighted by molar-refractivity contribution is 0.244. The molecule has 0 aliphatic rings. The van der Waals surface area contributed by atoms with Gasteiger partial charge in [-0.1, -0.05) is 6.92 Å². The summed E-state index contributed by atoms with van der Waals surface area (Å²) in [6.07, 6.45) is 0. The van der Waals surface area contributed by atoms with Crippen LogP contribution in [0.3, 0.4) is 0 Å². The number of aliphatic hydroxyl groups is 1. The predicted molar refractivity (Wildman–Crippen MR) is 60.3 cm³/mol. The fourth-order valence-electron chi connectivity index (χ4n) is 1.14. The van der Waals surface area contributed by atoms with E-state index < -0.39 is 0 Å². The maximum absolute atomic E-state index is 8.85. The Labute approximate surface area is 84.9 Å². The van der Waals surface area contributed by atoms with Crippen molar-refractivity contribution in [2.24, 2.45) is 5.92 Å². The van der Waals surface area contributed by atoms with Crippen molar-refractivity contribution < 1.29 is 5.11 Å². The Morgan fingerprint density at radius 1 is 1.50 bits per heavy atom. The van der Waals surface area contributed by atoms with Crippen LogP contribution in [-0.2, 0) is 0 Å². The summed E-state index contributed by atoms with van der Waals surface area (Å²) in [7, 11) is 0. The number of nitrogens with one attached hydrogen (secondary N) is 1. The number of nitrogen functional groups attached to an aromatic ring is 1. The molecule has 4 N–H and O–H groups in total. The Morgan fingerprint density at radius 3 is 2.79 bits per heavy atom. The number of anilines is 2. The van der Waals surface area contributed by atoms with Crippen LogP contribution in [0.4, 0.5) is 11.4 Å². The molecule has 0 heterocycles. The fourth-order valence-corrected chi connectivity index (χ4v) is 1.14. The number of aryl methyl sites for hydroxylation is 1. The molecule has 1 unspecified atom stereocenters. The third-order valence-electron chi connectivity index (χ3n) is 2.24. The molecule has 3 nitrogen and oxygen atoms in total. The summed E-state index contributed by atoms with van der Waals surface area (Å²) in [4.78, 5) is 0. The topological polar surface area (TPSA) is 58.3 Å². The molecular formula is C11H18N2O. The lowest BCUT2D eigenvalue weighted by atomic mass is 10.1. The minimum absolute atomic E-state index is 0.209. The van der Waals surface area contributed by atoms with E-state index in [1.54, 1.807) is 0 Å². The number of hydrogen-bond acceptors (Lipinski definition) is 3. The first-order valence-corrected chi connectivity index (χ1v) is 4.84. The number of aliphatic hydroxyl groups excluding tert-OH is 1. The van der Waals surface area contributed by atoms with Gasteiger partial charge in [-0.05, 0) is 36.6 Å². The van der Waals surface area contributed by atoms with Crippen LogP contribution in [0.2, 0.25) is 0 Å². The molecule has 3 heteroatoms. The van der Waals surface area contributed by atoms with Gasteiger partial charge in [0.1, 0.15) is 0 Å². The molecule has 1 atom stereocenters. The van der Waals surface area contributed by atoms with Gasteiger partial charge >= 0.3 is 0 Å². The van der Waals surface area contributed by atoms with Crippen LogP contribution in [0.5, 0.6) is 0 Å². The molecule has 0 saturated heterocycles. The molecular weight excluding hydrogens is 176 g/mol. The second-order valence-electron chi connectivity index (χ2n) is 3.74. The second kappa shape index (κ2) is 4.86. The molecule has 14 heavy (non-hydrogen) atoms. The van der Waals surface area contributed by atoms with E-state index in [2.05, 4.69) is 5.32 Å². The molecule has 0 aromatic heterocycles. The smallest absolute Gasteiger partial charge is 0.0473 e. The Hall–Kier alpha value is -1.22. The van der Waals surface area contributed by atoms with Crippen LogP contribution in [0.15, 0.2) is 18.2 Å². The highest BCUT2D eigenvalue weighted by Gasteiger charge is 2.00. The third-order valence-corrected chi connectivity index (χ3v) is 2.24. The van der Waals surface area contributed by atoms with Crippen LogP contribution in [0.25, 0.3) is 0 Å². The van der Waals surface area contributed by atoms with E-state index in [0.29, 0.717) is 0 Å². The maximum Gasteiger partial charge on any atom is 0.0473 e. The highest BCUT2D eigenvalue weighted by Crippen LogP contribution is 2.16. The van der Waals surface area contributed by atoms with Gasteiger partial charge in [-0.15, -0.1) is 0 Å². The zero-order valence-corrected chi connectivity index (χ0v) is 8.75. The molecule has 0 bridgehead atoms. The first kappa shape index (κ1) is 10.9. The maximum atomic E-state index is 8.85. The van der Waals surface area contributed by atoms with E-state index in [9.17, 15) is 0 Å². The van der Waals surface area contributed by atoms with E-state index in [4.69, 9.17) is 10.8 Å². The van der Waals surface area contributed by atoms with Gasteiger partial charge in [0.25, 0.3) is 0 Å². The zero-order valence-electron chi connectivity index (χ0n) is 8.75. The zero-order chi connectivity index (χ0) is 10.6. The molecule has 0 radical (unpaired) electrons. The van der Waals surface area contributed by atoms with E-state index >= 15 is 0 Å². The Kier molecular flexibility index (Phi) is 3.77. The number of benzene rings is 1. The molecule has 1 aromatic rings. The lowest BCUT2D eigenvalue weighted by Crippen LogP contribution is -2.14. The number of hydrogen-bond donors (Lipinski definition) is 3. The normalized spacial score (nSPS) is 12.5. The average molecular weight is 194 g/mol. The molecule has 1 rings (SSSR count). The molecule has 1 aromatic carbocycles. The van der Waals surface area contributed by atoms with Crippen molar-refractivity contribution in [1.29, 1.82) is 0 Å². The molecule has 0 spiro atoms. The van der Waals surface area contributed by atoms with Crippen molar-refractivity contribution in [1.82, 2.24) is 0 Å². The van der Waals surface area contributed by atoms with E-state index in [1.807, 2.05) is 32.0 Å². The first-order valence-electron chi connectivity index (χ1n) is 4.84. The Bertz CT molecular complexity index is 299. The van der Waals surface area contributed by atoms with E-state index in [0.717, 1.165) is 23.5 Å². The highest BCUT2D eigenvalue weighted by molar-refractivity contribution is 5.56. The summed E-state index contributed by atoms with van der Waals surface area (Å²) in [6.45, 7) is 4.97. The molecule has 0 aliphatic carbocycles. The third kappa shape index (κ3) is 2.92. The fraction of sp³-hybridized carbons (Fsp3) is 0.455. The number of rotatable bonds is 4. The van der Waals surface area contributed by atoms with Gasteiger partial charge in [-0.2, -0.15) is 0 Å². The van der Waals surface area contributed by atoms with Crippen LogP contribution in [-0.4, -0.2) is 18.3 Å². The van der Waals surface area contributed by atoms with Crippen LogP contribution in [0, 0.1) is 12.8 Å². The van der Waals surface area contributed by atoms with Gasteiger partial charge in [0, 0.05) is 24.5 Å². The van der Waals surface area contributed by atoms with Crippen LogP contribution < -0.4 is 11.1 Å². The molecule has 0 aliphatic heterocycles. The minimum Gasteiger partial charge on any atom is -0.399 e. The van der Waals surface area contributed by atoms with Crippen LogP contribution >= 0.6 is 0 Å². The summed E-state index contributed by atoms with van der Waals surface area (Å²) < 4.78 is 0. The van der Waals surface area contributed by atoms with Gasteiger partial charge in [0.05, 0.1) is 0 Å². The van der Waals surface area contributed by atoms with Crippen molar-refractivity contribution in [3.05, 3.63) is 23.8 Å². The largest absolute Gasteiger partial charge is 0.399 e. The summed E-state index contributed by atoms with van der Waals surface area (Å²) >= 11 is 0. The Balaban J connectivity index is 2.55. The van der Waals surface area contributed by atoms with Crippen molar-refractivity contribution in [3.8, 4) is 0 Å².